The first-order valence-corrected chi connectivity index (χ1v) is 12.3. The van der Waals surface area contributed by atoms with Crippen LogP contribution in [0.3, 0.4) is 0 Å². The molecular formula is C26H27N5O2S. The third-order valence-electron chi connectivity index (χ3n) is 6.37. The zero-order chi connectivity index (χ0) is 23.7. The highest BCUT2D eigenvalue weighted by Gasteiger charge is 2.28. The third kappa shape index (κ3) is 4.60. The molecule has 1 unspecified atom stereocenters. The predicted octanol–water partition coefficient (Wildman–Crippen LogP) is 4.38. The Kier molecular flexibility index (Phi) is 6.17. The van der Waals surface area contributed by atoms with Gasteiger partial charge in [0.1, 0.15) is 5.69 Å². The number of amides is 2. The van der Waals surface area contributed by atoms with Crippen LogP contribution in [0.4, 0.5) is 5.13 Å². The summed E-state index contributed by atoms with van der Waals surface area (Å²) in [6.07, 6.45) is 0. The van der Waals surface area contributed by atoms with Gasteiger partial charge in [0, 0.05) is 48.0 Å². The quantitative estimate of drug-likeness (QED) is 0.451. The number of carbonyl (C=O) groups excluding carboxylic acids is 2. The van der Waals surface area contributed by atoms with Crippen molar-refractivity contribution >= 4 is 39.2 Å². The van der Waals surface area contributed by atoms with Gasteiger partial charge in [0.15, 0.2) is 5.13 Å². The Labute approximate surface area is 202 Å². The lowest BCUT2D eigenvalue weighted by atomic mass is 10.1. The second kappa shape index (κ2) is 9.40. The summed E-state index contributed by atoms with van der Waals surface area (Å²) < 4.78 is 0. The lowest BCUT2D eigenvalue weighted by molar-refractivity contribution is -0.121. The van der Waals surface area contributed by atoms with Crippen LogP contribution in [0.2, 0.25) is 0 Å². The van der Waals surface area contributed by atoms with E-state index in [4.69, 9.17) is 0 Å². The molecule has 2 amide bonds. The van der Waals surface area contributed by atoms with Crippen molar-refractivity contribution in [3.8, 4) is 11.3 Å². The number of aromatic nitrogens is 2. The number of benzene rings is 2. The summed E-state index contributed by atoms with van der Waals surface area (Å²) in [7, 11) is 0. The predicted molar refractivity (Wildman–Crippen MR) is 136 cm³/mol. The first kappa shape index (κ1) is 22.3. The monoisotopic (exact) mass is 473 g/mol. The minimum absolute atomic E-state index is 0.000578. The summed E-state index contributed by atoms with van der Waals surface area (Å²) in [5.74, 6) is -0.0837. The number of anilines is 1. The molecule has 1 fully saturated rings. The van der Waals surface area contributed by atoms with Gasteiger partial charge in [-0.15, -0.1) is 11.3 Å². The molecule has 5 rings (SSSR count). The fraction of sp³-hybridized carbons (Fsp3) is 0.269. The zero-order valence-electron chi connectivity index (χ0n) is 19.2. The van der Waals surface area contributed by atoms with Gasteiger partial charge < -0.3 is 15.2 Å². The van der Waals surface area contributed by atoms with Crippen LogP contribution in [-0.4, -0.2) is 63.8 Å². The molecule has 174 valence electrons. The number of thiazole rings is 1. The number of aromatic amines is 1. The van der Waals surface area contributed by atoms with Crippen molar-refractivity contribution < 1.29 is 9.59 Å². The second-order valence-electron chi connectivity index (χ2n) is 8.67. The molecule has 0 spiro atoms. The average Bonchev–Trinajstić information content (AvgIpc) is 3.51. The van der Waals surface area contributed by atoms with E-state index in [0.29, 0.717) is 37.0 Å². The highest BCUT2D eigenvalue weighted by atomic mass is 32.1. The van der Waals surface area contributed by atoms with Gasteiger partial charge in [0.05, 0.1) is 11.7 Å². The number of hydrogen-bond acceptors (Lipinski definition) is 5. The molecule has 3 heterocycles. The standard InChI is InChI=1S/C26H27N5O2S/c1-17-7-9-19(10-8-17)23-16-34-26(28-23)29-24(32)18(2)30-11-13-31(14-12-30)25(33)22-15-20-5-3-4-6-21(20)27-22/h3-10,15-16,18,27H,11-14H2,1-2H3,(H,28,29,32). The van der Waals surface area contributed by atoms with Crippen molar-refractivity contribution in [1.29, 1.82) is 0 Å². The molecule has 0 aliphatic carbocycles. The number of rotatable bonds is 5. The Morgan fingerprint density at radius 1 is 1.06 bits per heavy atom. The Bertz CT molecular complexity index is 1290. The molecule has 0 bridgehead atoms. The van der Waals surface area contributed by atoms with E-state index in [1.165, 1.54) is 16.9 Å². The smallest absolute Gasteiger partial charge is 0.270 e. The fourth-order valence-electron chi connectivity index (χ4n) is 4.23. The summed E-state index contributed by atoms with van der Waals surface area (Å²) in [5.41, 5.74) is 4.66. The highest BCUT2D eigenvalue weighted by molar-refractivity contribution is 7.14. The average molecular weight is 474 g/mol. The summed E-state index contributed by atoms with van der Waals surface area (Å²) in [4.78, 5) is 37.6. The van der Waals surface area contributed by atoms with Crippen molar-refractivity contribution in [3.63, 3.8) is 0 Å². The van der Waals surface area contributed by atoms with Crippen LogP contribution < -0.4 is 5.32 Å². The molecule has 1 aliphatic rings. The van der Waals surface area contributed by atoms with Gasteiger partial charge in [-0.25, -0.2) is 4.98 Å². The number of carbonyl (C=O) groups is 2. The minimum atomic E-state index is -0.308. The molecule has 7 nitrogen and oxygen atoms in total. The largest absolute Gasteiger partial charge is 0.351 e. The number of piperazine rings is 1. The van der Waals surface area contributed by atoms with E-state index in [-0.39, 0.29) is 17.9 Å². The summed E-state index contributed by atoms with van der Waals surface area (Å²) in [6.45, 7) is 6.41. The van der Waals surface area contributed by atoms with Crippen LogP contribution in [0, 0.1) is 6.92 Å². The van der Waals surface area contributed by atoms with Crippen molar-refractivity contribution in [1.82, 2.24) is 19.8 Å². The van der Waals surface area contributed by atoms with Crippen LogP contribution in [-0.2, 0) is 4.79 Å². The van der Waals surface area contributed by atoms with Gasteiger partial charge in [0.2, 0.25) is 5.91 Å². The molecule has 0 saturated carbocycles. The van der Waals surface area contributed by atoms with Gasteiger partial charge in [-0.1, -0.05) is 48.0 Å². The molecule has 8 heteroatoms. The number of fused-ring (bicyclic) bond motifs is 1. The van der Waals surface area contributed by atoms with E-state index in [9.17, 15) is 9.59 Å². The maximum Gasteiger partial charge on any atom is 0.270 e. The molecule has 2 N–H and O–H groups in total. The fourth-order valence-corrected chi connectivity index (χ4v) is 4.96. The number of H-pyrrole nitrogens is 1. The van der Waals surface area contributed by atoms with Gasteiger partial charge in [0.25, 0.3) is 5.91 Å². The molecular weight excluding hydrogens is 446 g/mol. The van der Waals surface area contributed by atoms with Crippen molar-refractivity contribution in [2.24, 2.45) is 0 Å². The van der Waals surface area contributed by atoms with Crippen molar-refractivity contribution in [2.75, 3.05) is 31.5 Å². The second-order valence-corrected chi connectivity index (χ2v) is 9.53. The molecule has 1 saturated heterocycles. The number of para-hydroxylation sites is 1. The molecule has 1 aliphatic heterocycles. The summed E-state index contributed by atoms with van der Waals surface area (Å²) in [5, 5.41) is 6.54. The van der Waals surface area contributed by atoms with E-state index in [1.54, 1.807) is 0 Å². The Balaban J connectivity index is 1.16. The van der Waals surface area contributed by atoms with E-state index in [1.807, 2.05) is 59.7 Å². The van der Waals surface area contributed by atoms with Crippen LogP contribution >= 0.6 is 11.3 Å². The maximum atomic E-state index is 12.9. The normalized spacial score (nSPS) is 15.4. The van der Waals surface area contributed by atoms with Gasteiger partial charge in [-0.05, 0) is 26.0 Å². The Morgan fingerprint density at radius 2 is 1.79 bits per heavy atom. The third-order valence-corrected chi connectivity index (χ3v) is 7.13. The lowest BCUT2D eigenvalue weighted by Crippen LogP contribution is -2.54. The van der Waals surface area contributed by atoms with Gasteiger partial charge in [-0.2, -0.15) is 0 Å². The Hall–Kier alpha value is -3.49. The maximum absolute atomic E-state index is 12.9. The first-order valence-electron chi connectivity index (χ1n) is 11.4. The van der Waals surface area contributed by atoms with Crippen molar-refractivity contribution in [2.45, 2.75) is 19.9 Å². The lowest BCUT2D eigenvalue weighted by Gasteiger charge is -2.37. The van der Waals surface area contributed by atoms with Crippen LogP contribution in [0.15, 0.2) is 60.0 Å². The Morgan fingerprint density at radius 3 is 2.53 bits per heavy atom. The molecule has 2 aromatic carbocycles. The molecule has 1 atom stereocenters. The summed E-state index contributed by atoms with van der Waals surface area (Å²) >= 11 is 1.43. The van der Waals surface area contributed by atoms with E-state index in [0.717, 1.165) is 22.2 Å². The van der Waals surface area contributed by atoms with E-state index >= 15 is 0 Å². The van der Waals surface area contributed by atoms with Crippen LogP contribution in [0.25, 0.3) is 22.2 Å². The van der Waals surface area contributed by atoms with Crippen LogP contribution in [0.1, 0.15) is 23.0 Å². The number of nitrogens with one attached hydrogen (secondary N) is 2. The molecule has 2 aromatic heterocycles. The zero-order valence-corrected chi connectivity index (χ0v) is 20.1. The minimum Gasteiger partial charge on any atom is -0.351 e. The van der Waals surface area contributed by atoms with Gasteiger partial charge >= 0.3 is 0 Å². The van der Waals surface area contributed by atoms with Crippen LogP contribution in [0.5, 0.6) is 0 Å². The SMILES string of the molecule is Cc1ccc(-c2csc(NC(=O)C(C)N3CCN(C(=O)c4cc5ccccc5[nH]4)CC3)n2)cc1. The topological polar surface area (TPSA) is 81.3 Å². The molecule has 0 radical (unpaired) electrons. The summed E-state index contributed by atoms with van der Waals surface area (Å²) in [6, 6.07) is 17.7. The number of nitrogens with zero attached hydrogens (tertiary/aromatic N) is 3. The molecule has 4 aromatic rings. The van der Waals surface area contributed by atoms with Crippen molar-refractivity contribution in [3.05, 3.63) is 71.2 Å². The van der Waals surface area contributed by atoms with E-state index in [2.05, 4.69) is 39.2 Å². The van der Waals surface area contributed by atoms with E-state index < -0.39 is 0 Å². The van der Waals surface area contributed by atoms with Gasteiger partial charge in [-0.3, -0.25) is 14.5 Å². The number of hydrogen-bond donors (Lipinski definition) is 2. The molecule has 34 heavy (non-hydrogen) atoms. The highest BCUT2D eigenvalue weighted by Crippen LogP contribution is 2.25. The first-order chi connectivity index (χ1) is 16.5. The number of aryl methyl sites for hydroxylation is 1.